The molecule has 0 bridgehead atoms. The molecule has 0 aliphatic carbocycles. The van der Waals surface area contributed by atoms with Crippen LogP contribution in [0.5, 0.6) is 0 Å². The number of hydrogen-bond acceptors (Lipinski definition) is 2. The van der Waals surface area contributed by atoms with Crippen LogP contribution in [0.25, 0.3) is 0 Å². The van der Waals surface area contributed by atoms with Crippen molar-refractivity contribution in [2.75, 3.05) is 0 Å². The minimum atomic E-state index is 0.0919. The molecule has 90 valence electrons. The number of halogens is 1. The van der Waals surface area contributed by atoms with Crippen LogP contribution in [0.1, 0.15) is 26.9 Å². The van der Waals surface area contributed by atoms with Gasteiger partial charge in [-0.15, -0.1) is 11.3 Å². The number of aryl methyl sites for hydroxylation is 2. The van der Waals surface area contributed by atoms with Gasteiger partial charge >= 0.3 is 0 Å². The van der Waals surface area contributed by atoms with Gasteiger partial charge in [0.05, 0.1) is 0 Å². The maximum Gasteiger partial charge on any atom is 0.0346 e. The third-order valence-corrected chi connectivity index (χ3v) is 4.30. The molecule has 0 radical (unpaired) electrons. The Morgan fingerprint density at radius 2 is 2.06 bits per heavy atom. The van der Waals surface area contributed by atoms with Crippen LogP contribution in [-0.4, -0.2) is 0 Å². The van der Waals surface area contributed by atoms with Crippen molar-refractivity contribution in [1.82, 2.24) is 0 Å². The summed E-state index contributed by atoms with van der Waals surface area (Å²) in [6.07, 6.45) is 0.885. The Morgan fingerprint density at radius 1 is 1.29 bits per heavy atom. The molecular weight excluding hydrogens is 294 g/mol. The first-order valence-electron chi connectivity index (χ1n) is 5.63. The summed E-state index contributed by atoms with van der Waals surface area (Å²) in [6, 6.07) is 10.7. The van der Waals surface area contributed by atoms with Crippen molar-refractivity contribution in [3.05, 3.63) is 55.7 Å². The van der Waals surface area contributed by atoms with E-state index in [0.29, 0.717) is 0 Å². The van der Waals surface area contributed by atoms with Crippen molar-refractivity contribution in [3.63, 3.8) is 0 Å². The largest absolute Gasteiger partial charge is 0.324 e. The second kappa shape index (κ2) is 5.34. The highest BCUT2D eigenvalue weighted by Crippen LogP contribution is 2.27. The van der Waals surface area contributed by atoms with Gasteiger partial charge in [-0.25, -0.2) is 0 Å². The second-order valence-electron chi connectivity index (χ2n) is 4.31. The summed E-state index contributed by atoms with van der Waals surface area (Å²) in [4.78, 5) is 2.67. The van der Waals surface area contributed by atoms with Crippen molar-refractivity contribution in [2.24, 2.45) is 5.73 Å². The van der Waals surface area contributed by atoms with Gasteiger partial charge in [0.25, 0.3) is 0 Å². The van der Waals surface area contributed by atoms with Crippen molar-refractivity contribution >= 4 is 27.3 Å². The van der Waals surface area contributed by atoms with Crippen molar-refractivity contribution < 1.29 is 0 Å². The first-order valence-corrected chi connectivity index (χ1v) is 7.24. The normalized spacial score (nSPS) is 12.7. The lowest BCUT2D eigenvalue weighted by Crippen LogP contribution is -2.13. The second-order valence-corrected chi connectivity index (χ2v) is 6.69. The number of benzene rings is 1. The van der Waals surface area contributed by atoms with Crippen molar-refractivity contribution in [2.45, 2.75) is 26.3 Å². The van der Waals surface area contributed by atoms with E-state index in [2.05, 4.69) is 54.0 Å². The van der Waals surface area contributed by atoms with Gasteiger partial charge in [-0.05, 0) is 49.6 Å². The molecule has 1 aromatic heterocycles. The Labute approximate surface area is 115 Å². The van der Waals surface area contributed by atoms with Gasteiger partial charge < -0.3 is 5.73 Å². The van der Waals surface area contributed by atoms with Gasteiger partial charge in [-0.1, -0.05) is 28.1 Å². The van der Waals surface area contributed by atoms with E-state index in [1.807, 2.05) is 17.4 Å². The Balaban J connectivity index is 2.16. The average Bonchev–Trinajstić information content (AvgIpc) is 2.58. The van der Waals surface area contributed by atoms with E-state index in [1.54, 1.807) is 0 Å². The highest BCUT2D eigenvalue weighted by atomic mass is 79.9. The SMILES string of the molecule is Cc1cc(C(N)Cc2cccc(Br)c2)c(C)s1. The first kappa shape index (κ1) is 12.8. The quantitative estimate of drug-likeness (QED) is 0.895. The monoisotopic (exact) mass is 309 g/mol. The van der Waals surface area contributed by atoms with Crippen LogP contribution in [0.3, 0.4) is 0 Å². The summed E-state index contributed by atoms with van der Waals surface area (Å²) in [7, 11) is 0. The molecule has 1 heterocycles. The van der Waals surface area contributed by atoms with Crippen LogP contribution in [-0.2, 0) is 6.42 Å². The minimum absolute atomic E-state index is 0.0919. The molecule has 0 spiro atoms. The van der Waals surface area contributed by atoms with E-state index < -0.39 is 0 Å². The van der Waals surface area contributed by atoms with Gasteiger partial charge in [-0.3, -0.25) is 0 Å². The molecule has 0 fully saturated rings. The van der Waals surface area contributed by atoms with E-state index in [9.17, 15) is 0 Å². The molecule has 0 saturated carbocycles. The Kier molecular flexibility index (Phi) is 4.02. The Hall–Kier alpha value is -0.640. The molecule has 17 heavy (non-hydrogen) atoms. The highest BCUT2D eigenvalue weighted by Gasteiger charge is 2.12. The number of hydrogen-bond donors (Lipinski definition) is 1. The summed E-state index contributed by atoms with van der Waals surface area (Å²) in [5, 5.41) is 0. The molecule has 1 nitrogen and oxygen atoms in total. The molecule has 2 N–H and O–H groups in total. The smallest absolute Gasteiger partial charge is 0.0346 e. The summed E-state index contributed by atoms with van der Waals surface area (Å²) in [5.74, 6) is 0. The molecule has 1 atom stereocenters. The summed E-state index contributed by atoms with van der Waals surface area (Å²) in [6.45, 7) is 4.28. The van der Waals surface area contributed by atoms with Crippen molar-refractivity contribution in [1.29, 1.82) is 0 Å². The third kappa shape index (κ3) is 3.18. The van der Waals surface area contributed by atoms with E-state index in [4.69, 9.17) is 5.73 Å². The van der Waals surface area contributed by atoms with Crippen LogP contribution in [0.4, 0.5) is 0 Å². The number of rotatable bonds is 3. The zero-order chi connectivity index (χ0) is 12.4. The Morgan fingerprint density at radius 3 is 2.65 bits per heavy atom. The molecule has 3 heteroatoms. The molecule has 0 amide bonds. The average molecular weight is 310 g/mol. The highest BCUT2D eigenvalue weighted by molar-refractivity contribution is 9.10. The molecule has 0 aliphatic heterocycles. The lowest BCUT2D eigenvalue weighted by atomic mass is 10.0. The topological polar surface area (TPSA) is 26.0 Å². The lowest BCUT2D eigenvalue weighted by molar-refractivity contribution is 0.720. The standard InChI is InChI=1S/C14H16BrNS/c1-9-6-13(10(2)17-9)14(16)8-11-4-3-5-12(15)7-11/h3-7,14H,8,16H2,1-2H3. The van der Waals surface area contributed by atoms with Crippen LogP contribution in [0.2, 0.25) is 0 Å². The fourth-order valence-electron chi connectivity index (χ4n) is 2.05. The van der Waals surface area contributed by atoms with E-state index >= 15 is 0 Å². The lowest BCUT2D eigenvalue weighted by Gasteiger charge is -2.11. The van der Waals surface area contributed by atoms with Crippen molar-refractivity contribution in [3.8, 4) is 0 Å². The van der Waals surface area contributed by atoms with Gasteiger partial charge in [0.15, 0.2) is 0 Å². The minimum Gasteiger partial charge on any atom is -0.324 e. The Bertz CT molecular complexity index is 519. The van der Waals surface area contributed by atoms with Gasteiger partial charge in [0, 0.05) is 20.3 Å². The molecule has 1 aromatic carbocycles. The molecule has 0 saturated heterocycles. The zero-order valence-electron chi connectivity index (χ0n) is 10.0. The molecule has 2 aromatic rings. The maximum absolute atomic E-state index is 6.28. The predicted octanol–water partition coefficient (Wildman–Crippen LogP) is 4.37. The van der Waals surface area contributed by atoms with Crippen LogP contribution >= 0.6 is 27.3 Å². The summed E-state index contributed by atoms with van der Waals surface area (Å²) in [5.41, 5.74) is 8.84. The molecule has 2 rings (SSSR count). The fraction of sp³-hybridized carbons (Fsp3) is 0.286. The fourth-order valence-corrected chi connectivity index (χ4v) is 3.49. The van der Waals surface area contributed by atoms with Gasteiger partial charge in [0.1, 0.15) is 0 Å². The molecule has 1 unspecified atom stereocenters. The summed E-state index contributed by atoms with van der Waals surface area (Å²) < 4.78 is 1.11. The third-order valence-electron chi connectivity index (χ3n) is 2.82. The molecular formula is C14H16BrNS. The van der Waals surface area contributed by atoms with Crippen LogP contribution < -0.4 is 5.73 Å². The predicted molar refractivity (Wildman–Crippen MR) is 78.6 cm³/mol. The van der Waals surface area contributed by atoms with E-state index in [-0.39, 0.29) is 6.04 Å². The molecule has 0 aliphatic rings. The zero-order valence-corrected chi connectivity index (χ0v) is 12.4. The number of thiophene rings is 1. The van der Waals surface area contributed by atoms with E-state index in [0.717, 1.165) is 10.9 Å². The maximum atomic E-state index is 6.28. The summed E-state index contributed by atoms with van der Waals surface area (Å²) >= 11 is 5.31. The van der Waals surface area contributed by atoms with Crippen LogP contribution in [0, 0.1) is 13.8 Å². The van der Waals surface area contributed by atoms with E-state index in [1.165, 1.54) is 20.9 Å². The first-order chi connectivity index (χ1) is 8.06. The van der Waals surface area contributed by atoms with Crippen LogP contribution in [0.15, 0.2) is 34.8 Å². The number of nitrogens with two attached hydrogens (primary N) is 1. The van der Waals surface area contributed by atoms with Gasteiger partial charge in [-0.2, -0.15) is 0 Å². The van der Waals surface area contributed by atoms with Gasteiger partial charge in [0.2, 0.25) is 0 Å².